The summed E-state index contributed by atoms with van der Waals surface area (Å²) in [5.41, 5.74) is 24.1. The largest absolute Gasteiger partial charge is 0.454 e. The molecular formula is C110H112N10O5. The third-order valence-electron chi connectivity index (χ3n) is 25.4. The Morgan fingerprint density at radius 1 is 0.256 bits per heavy atom. The molecule has 15 heteroatoms. The molecule has 18 aromatic rings. The van der Waals surface area contributed by atoms with Gasteiger partial charge in [0, 0.05) is 122 Å². The Bertz CT molecular complexity index is 7650. The van der Waals surface area contributed by atoms with E-state index < -0.39 is 50.9 Å². The first-order valence-corrected chi connectivity index (χ1v) is 43.0. The van der Waals surface area contributed by atoms with Crippen molar-refractivity contribution in [3.8, 4) is 0 Å². The molecule has 0 radical (unpaired) electrons. The third kappa shape index (κ3) is 13.5. The van der Waals surface area contributed by atoms with Gasteiger partial charge in [-0.05, 0) is 219 Å². The molecule has 632 valence electrons. The highest BCUT2D eigenvalue weighted by molar-refractivity contribution is 6.15. The second-order valence-corrected chi connectivity index (χ2v) is 33.7. The van der Waals surface area contributed by atoms with Crippen molar-refractivity contribution in [1.29, 1.82) is 0 Å². The lowest BCUT2D eigenvalue weighted by Crippen LogP contribution is -2.42. The Morgan fingerprint density at radius 2 is 0.520 bits per heavy atom. The highest BCUT2D eigenvalue weighted by atomic mass is 16.3. The van der Waals surface area contributed by atoms with E-state index in [9.17, 15) is 0 Å². The molecule has 7 unspecified atom stereocenters. The normalized spacial score (nSPS) is 20.2. The number of anilines is 11. The van der Waals surface area contributed by atoms with Gasteiger partial charge in [-0.25, -0.2) is 0 Å². The van der Waals surface area contributed by atoms with Gasteiger partial charge in [0.15, 0.2) is 27.9 Å². The summed E-state index contributed by atoms with van der Waals surface area (Å²) in [4.78, 5) is 19.7. The molecule has 5 aliphatic rings. The van der Waals surface area contributed by atoms with Crippen LogP contribution >= 0.6 is 0 Å². The van der Waals surface area contributed by atoms with Crippen molar-refractivity contribution in [3.63, 3.8) is 0 Å². The van der Waals surface area contributed by atoms with Crippen LogP contribution in [0.15, 0.2) is 302 Å². The number of furan rings is 5. The summed E-state index contributed by atoms with van der Waals surface area (Å²) >= 11 is 0. The average Bonchev–Trinajstić information content (AvgIpc) is 1.57. The molecule has 0 saturated carbocycles. The van der Waals surface area contributed by atoms with E-state index in [4.69, 9.17) is 39.9 Å². The Morgan fingerprint density at radius 3 is 0.824 bits per heavy atom. The maximum Gasteiger partial charge on any atom is 0.159 e. The number of para-hydroxylation sites is 11. The summed E-state index contributed by atoms with van der Waals surface area (Å²) in [6, 6.07) is 79.9. The summed E-state index contributed by atoms with van der Waals surface area (Å²) in [6.45, 7) is 23.8. The minimum absolute atomic E-state index is 0.00223. The lowest BCUT2D eigenvalue weighted by atomic mass is 10.1. The molecule has 0 spiro atoms. The van der Waals surface area contributed by atoms with Crippen LogP contribution in [-0.2, 0) is 0 Å². The van der Waals surface area contributed by atoms with E-state index in [2.05, 4.69) is 155 Å². The first kappa shape index (κ1) is 66.9. The summed E-state index contributed by atoms with van der Waals surface area (Å²) in [6.07, 6.45) is 6.54. The number of hydrogen-bond acceptors (Lipinski definition) is 15. The molecule has 13 aromatic carbocycles. The molecule has 5 aliphatic heterocycles. The van der Waals surface area contributed by atoms with Crippen LogP contribution in [0.4, 0.5) is 62.6 Å². The van der Waals surface area contributed by atoms with Gasteiger partial charge < -0.3 is 71.1 Å². The number of hydrogen-bond donors (Lipinski definition) is 0. The van der Waals surface area contributed by atoms with Crippen LogP contribution in [-0.4, -0.2) is 71.7 Å². The van der Waals surface area contributed by atoms with E-state index in [-0.39, 0.29) is 24.7 Å². The maximum atomic E-state index is 8.81. The Balaban J connectivity index is 0.000000110. The number of rotatable bonds is 9. The molecule has 10 heterocycles. The standard InChI is InChI=1S/2C24H24N2O.C22H20N2O.2C20H22N2O/c2*1-15(2)25-17(4)26(21-11-7-6-10-20(21)25)23-16(3)13-14-19-18-9-5-8-12-22(18)27-24(19)23;1-14-12-13-17-16-8-4-7-11-20(16)25-22(17)21(14)24-15(2)23(3)18-9-5-6-10-19(18)24;2*1-13(2)21-11-12-22(15(21)4)19-14(3)9-10-17-16-7-5-6-8-18(16)23-20(17)19/h2*5-15,17H,1-4H3;4-13,15H,1-3H3;2*5-13,15H,1-4H3/i1D3,15D;15D;3D3;1D3,13D;13D. The van der Waals surface area contributed by atoms with E-state index >= 15 is 0 Å². The fourth-order valence-corrected chi connectivity index (χ4v) is 19.6. The van der Waals surface area contributed by atoms with Crippen molar-refractivity contribution in [1.82, 2.24) is 9.80 Å². The van der Waals surface area contributed by atoms with Crippen molar-refractivity contribution in [2.75, 3.05) is 46.2 Å². The SMILES string of the molecule is [2H]C(C)(C)N1C=CN(c2c(C)ccc3c2oc2ccccc23)C1C.[2H]C(C)(C)N1c2ccccc2N(c2c(C)ccc3c2oc2ccccc23)C1C.[2H]C([2H])([2H])C([2H])(C)N1C=CN(c2c(C)ccc3c2oc2ccccc23)C1C.[2H]C([2H])([2H])C([2H])(C)N1c2ccccc2N(c2c(C)ccc3c2oc2ccccc23)C1C.[2H]C([2H])([2H])N1c2ccccc2N(c2c(C)ccc3c2oc2ccccc23)C1C. The summed E-state index contributed by atoms with van der Waals surface area (Å²) in [5.74, 6) is 0. The number of benzene rings is 13. The summed E-state index contributed by atoms with van der Waals surface area (Å²) in [7, 11) is 0. The molecule has 0 saturated heterocycles. The third-order valence-corrected chi connectivity index (χ3v) is 25.4. The molecule has 0 aliphatic carbocycles. The van der Waals surface area contributed by atoms with Gasteiger partial charge in [0.1, 0.15) is 58.7 Å². The highest BCUT2D eigenvalue weighted by Crippen LogP contribution is 2.54. The molecule has 5 aromatic heterocycles. The summed E-state index contributed by atoms with van der Waals surface area (Å²) in [5, 5.41) is 10.8. The van der Waals surface area contributed by atoms with Gasteiger partial charge in [0.05, 0.1) is 68.0 Å². The van der Waals surface area contributed by atoms with E-state index in [1.807, 2.05) is 249 Å². The predicted molar refractivity (Wildman–Crippen MR) is 526 cm³/mol. The van der Waals surface area contributed by atoms with Crippen LogP contribution in [0.5, 0.6) is 0 Å². The molecule has 0 fully saturated rings. The first-order valence-electron chi connectivity index (χ1n) is 49.5. The van der Waals surface area contributed by atoms with Crippen LogP contribution < -0.4 is 39.2 Å². The zero-order chi connectivity index (χ0) is 98.0. The van der Waals surface area contributed by atoms with Gasteiger partial charge in [0.2, 0.25) is 0 Å². The molecule has 23 rings (SSSR count). The fourth-order valence-electron chi connectivity index (χ4n) is 19.6. The van der Waals surface area contributed by atoms with Crippen LogP contribution in [0.1, 0.15) is 136 Å². The number of fused-ring (bicyclic) bond motifs is 18. The minimum Gasteiger partial charge on any atom is -0.454 e. The summed E-state index contributed by atoms with van der Waals surface area (Å²) < 4.78 is 137. The molecule has 0 N–H and O–H groups in total. The van der Waals surface area contributed by atoms with E-state index in [0.29, 0.717) is 5.69 Å². The van der Waals surface area contributed by atoms with Crippen LogP contribution in [0, 0.1) is 34.6 Å². The molecule has 0 amide bonds. The van der Waals surface area contributed by atoms with Crippen LogP contribution in [0.2, 0.25) is 0 Å². The van der Waals surface area contributed by atoms with Crippen molar-refractivity contribution in [2.45, 2.75) is 179 Å². The van der Waals surface area contributed by atoms with Gasteiger partial charge in [-0.2, -0.15) is 0 Å². The molecule has 7 atom stereocenters. The lowest BCUT2D eigenvalue weighted by molar-refractivity contribution is 0.263. The smallest absolute Gasteiger partial charge is 0.159 e. The van der Waals surface area contributed by atoms with Crippen LogP contribution in [0.25, 0.3) is 110 Å². The number of nitrogens with zero attached hydrogens (tertiary/aromatic N) is 10. The maximum absolute atomic E-state index is 8.81. The van der Waals surface area contributed by atoms with Gasteiger partial charge in [-0.15, -0.1) is 0 Å². The zero-order valence-electron chi connectivity index (χ0n) is 86.5. The second-order valence-electron chi connectivity index (χ2n) is 33.7. The monoisotopic (exact) mass is 1670 g/mol. The topological polar surface area (TPSA) is 98.1 Å². The Kier molecular flexibility index (Phi) is 17.2. The molecule has 125 heavy (non-hydrogen) atoms. The minimum atomic E-state index is -2.48. The quantitative estimate of drug-likeness (QED) is 0.137. The van der Waals surface area contributed by atoms with Gasteiger partial charge in [0.25, 0.3) is 0 Å². The highest BCUT2D eigenvalue weighted by Gasteiger charge is 2.41. The van der Waals surface area contributed by atoms with Gasteiger partial charge >= 0.3 is 0 Å². The molecular weight excluding hydrogens is 1540 g/mol. The predicted octanol–water partition coefficient (Wildman–Crippen LogP) is 29.5. The average molecular weight is 1670 g/mol. The lowest BCUT2D eigenvalue weighted by Gasteiger charge is -2.33. The first-order chi connectivity index (χ1) is 65.4. The van der Waals surface area contributed by atoms with E-state index in [1.54, 1.807) is 16.0 Å². The van der Waals surface area contributed by atoms with E-state index in [1.165, 1.54) is 24.3 Å². The van der Waals surface area contributed by atoms with Gasteiger partial charge in [-0.3, -0.25) is 0 Å². The fraction of sp³-hybridized carbons (Fsp3) is 0.255. The zero-order valence-corrected chi connectivity index (χ0v) is 73.5. The van der Waals surface area contributed by atoms with Crippen molar-refractivity contribution in [2.24, 2.45) is 0 Å². The Labute approximate surface area is 751 Å². The second kappa shape index (κ2) is 32.2. The Hall–Kier alpha value is -13.7. The molecule has 0 bridgehead atoms. The van der Waals surface area contributed by atoms with E-state index in [0.717, 1.165) is 189 Å². The van der Waals surface area contributed by atoms with Crippen LogP contribution in [0.3, 0.4) is 0 Å². The number of aryl methyl sites for hydroxylation is 5. The van der Waals surface area contributed by atoms with Crippen molar-refractivity contribution in [3.05, 3.63) is 307 Å². The van der Waals surface area contributed by atoms with Gasteiger partial charge in [-0.1, -0.05) is 188 Å². The van der Waals surface area contributed by atoms with Crippen molar-refractivity contribution >= 4 is 172 Å². The molecule has 15 nitrogen and oxygen atoms in total. The van der Waals surface area contributed by atoms with Crippen molar-refractivity contribution < 1.29 is 39.9 Å².